The molecule has 2 fully saturated rings. The van der Waals surface area contributed by atoms with Crippen LogP contribution >= 0.6 is 0 Å². The Labute approximate surface area is 180 Å². The van der Waals surface area contributed by atoms with E-state index in [2.05, 4.69) is 68.7 Å². The number of piperidine rings is 1. The van der Waals surface area contributed by atoms with Crippen LogP contribution in [0.25, 0.3) is 0 Å². The molecule has 2 nitrogen and oxygen atoms in total. The van der Waals surface area contributed by atoms with E-state index in [-0.39, 0.29) is 24.0 Å². The van der Waals surface area contributed by atoms with E-state index in [0.717, 1.165) is 29.6 Å². The first kappa shape index (κ1) is 20.4. The summed E-state index contributed by atoms with van der Waals surface area (Å²) in [4.78, 5) is 0. The van der Waals surface area contributed by atoms with E-state index in [0.29, 0.717) is 5.92 Å². The maximum atomic E-state index is 10.4. The van der Waals surface area contributed by atoms with Crippen molar-refractivity contribution in [3.8, 4) is 6.07 Å². The van der Waals surface area contributed by atoms with Crippen LogP contribution in [0.1, 0.15) is 43.2 Å². The monoisotopic (exact) mass is 472 g/mol. The molecule has 0 radical (unpaired) electrons. The van der Waals surface area contributed by atoms with Crippen LogP contribution in [0.15, 0.2) is 60.7 Å². The van der Waals surface area contributed by atoms with E-state index in [9.17, 15) is 5.26 Å². The lowest BCUT2D eigenvalue weighted by Gasteiger charge is -2.45. The fourth-order valence-corrected chi connectivity index (χ4v) is 5.62. The van der Waals surface area contributed by atoms with E-state index < -0.39 is 5.41 Å². The minimum atomic E-state index is -0.541. The van der Waals surface area contributed by atoms with Gasteiger partial charge in [-0.3, -0.25) is 0 Å². The van der Waals surface area contributed by atoms with Gasteiger partial charge in [0.2, 0.25) is 0 Å². The number of fused-ring (bicyclic) bond motifs is 2. The van der Waals surface area contributed by atoms with Gasteiger partial charge >= 0.3 is 0 Å². The Morgan fingerprint density at radius 1 is 0.889 bits per heavy atom. The van der Waals surface area contributed by atoms with E-state index in [4.69, 9.17) is 0 Å². The van der Waals surface area contributed by atoms with Crippen LogP contribution in [0.3, 0.4) is 0 Å². The van der Waals surface area contributed by atoms with Crippen molar-refractivity contribution in [3.63, 3.8) is 0 Å². The number of quaternary nitrogens is 1. The van der Waals surface area contributed by atoms with Crippen LogP contribution in [-0.4, -0.2) is 30.7 Å². The maximum Gasteiger partial charge on any atom is 0.107 e. The van der Waals surface area contributed by atoms with Gasteiger partial charge < -0.3 is 28.5 Å². The minimum absolute atomic E-state index is 0. The number of nitriles is 1. The molecule has 2 heterocycles. The smallest absolute Gasteiger partial charge is 0.107 e. The van der Waals surface area contributed by atoms with Crippen molar-refractivity contribution in [3.05, 3.63) is 71.8 Å². The number of halogens is 1. The summed E-state index contributed by atoms with van der Waals surface area (Å²) in [6.07, 6.45) is 6.15. The SMILES string of the molecule is C[N+]1(C)[C@H]2CC[C@H]1CC(CC(C#N)(c1ccccc1)c1ccccc1)C2.[I-]. The normalized spacial score (nSPS) is 26.0. The topological polar surface area (TPSA) is 23.8 Å². The summed E-state index contributed by atoms with van der Waals surface area (Å²) < 4.78 is 1.19. The molecule has 2 aromatic carbocycles. The molecule has 2 bridgehead atoms. The fraction of sp³-hybridized carbons (Fsp3) is 0.458. The summed E-state index contributed by atoms with van der Waals surface area (Å²) in [6, 6.07) is 25.2. The van der Waals surface area contributed by atoms with Crippen molar-refractivity contribution in [1.82, 2.24) is 0 Å². The summed E-state index contributed by atoms with van der Waals surface area (Å²) in [5, 5.41) is 10.4. The van der Waals surface area contributed by atoms with Crippen molar-refractivity contribution in [1.29, 1.82) is 5.26 Å². The van der Waals surface area contributed by atoms with Gasteiger partial charge in [-0.15, -0.1) is 0 Å². The van der Waals surface area contributed by atoms with Gasteiger partial charge in [0.25, 0.3) is 0 Å². The Morgan fingerprint density at radius 3 is 1.74 bits per heavy atom. The quantitative estimate of drug-likeness (QED) is 0.493. The standard InChI is InChI=1S/C24H29N2.HI/c1-26(2)22-13-14-23(26)16-19(15-22)17-24(18-25,20-9-5-3-6-10-20)21-11-7-4-8-12-21;/h3-12,19,22-23H,13-17H2,1-2H3;1H/q+1;/p-1/t22-,23-;/m0./s1. The van der Waals surface area contributed by atoms with Gasteiger partial charge in [-0.05, 0) is 23.5 Å². The van der Waals surface area contributed by atoms with Gasteiger partial charge in [0.05, 0.1) is 32.2 Å². The second-order valence-electron chi connectivity index (χ2n) is 8.80. The molecule has 2 atom stereocenters. The van der Waals surface area contributed by atoms with Crippen molar-refractivity contribution in [2.75, 3.05) is 14.1 Å². The lowest BCUT2D eigenvalue weighted by atomic mass is 9.67. The number of hydrogen-bond donors (Lipinski definition) is 0. The number of benzene rings is 2. The van der Waals surface area contributed by atoms with E-state index >= 15 is 0 Å². The van der Waals surface area contributed by atoms with Gasteiger partial charge in [0, 0.05) is 25.7 Å². The highest BCUT2D eigenvalue weighted by atomic mass is 127. The second kappa shape index (κ2) is 7.93. The predicted molar refractivity (Wildman–Crippen MR) is 106 cm³/mol. The van der Waals surface area contributed by atoms with Crippen LogP contribution < -0.4 is 24.0 Å². The molecular formula is C24H29IN2. The molecule has 0 aromatic heterocycles. The van der Waals surface area contributed by atoms with Crippen molar-refractivity contribution >= 4 is 0 Å². The Bertz CT molecular complexity index is 739. The van der Waals surface area contributed by atoms with Crippen LogP contribution in [-0.2, 0) is 5.41 Å². The van der Waals surface area contributed by atoms with Crippen LogP contribution in [0.5, 0.6) is 0 Å². The molecule has 4 rings (SSSR count). The minimum Gasteiger partial charge on any atom is -1.00 e. The van der Waals surface area contributed by atoms with Gasteiger partial charge in [0.1, 0.15) is 5.41 Å². The Kier molecular flexibility index (Phi) is 5.98. The largest absolute Gasteiger partial charge is 1.00 e. The molecule has 0 aliphatic carbocycles. The third-order valence-electron chi connectivity index (χ3n) is 7.25. The van der Waals surface area contributed by atoms with Crippen LogP contribution in [0.2, 0.25) is 0 Å². The van der Waals surface area contributed by atoms with Crippen molar-refractivity contribution in [2.24, 2.45) is 5.92 Å². The molecule has 2 saturated heterocycles. The second-order valence-corrected chi connectivity index (χ2v) is 8.80. The summed E-state index contributed by atoms with van der Waals surface area (Å²) in [6.45, 7) is 0. The zero-order valence-corrected chi connectivity index (χ0v) is 18.5. The molecule has 2 aliphatic rings. The first-order valence-electron chi connectivity index (χ1n) is 9.92. The van der Waals surface area contributed by atoms with Gasteiger partial charge in [-0.25, -0.2) is 0 Å². The highest BCUT2D eigenvalue weighted by Gasteiger charge is 2.50. The zero-order valence-electron chi connectivity index (χ0n) is 16.3. The lowest BCUT2D eigenvalue weighted by molar-refractivity contribution is -0.931. The molecule has 27 heavy (non-hydrogen) atoms. The first-order valence-corrected chi connectivity index (χ1v) is 9.92. The van der Waals surface area contributed by atoms with Gasteiger partial charge in [0.15, 0.2) is 0 Å². The number of rotatable bonds is 4. The Morgan fingerprint density at radius 2 is 1.33 bits per heavy atom. The summed E-state index contributed by atoms with van der Waals surface area (Å²) >= 11 is 0. The molecule has 2 aromatic rings. The summed E-state index contributed by atoms with van der Waals surface area (Å²) in [5.74, 6) is 0.624. The molecule has 0 saturated carbocycles. The van der Waals surface area contributed by atoms with E-state index in [1.807, 2.05) is 12.1 Å². The zero-order chi connectivity index (χ0) is 18.2. The Hall–Kier alpha value is -1.38. The average molecular weight is 472 g/mol. The summed E-state index contributed by atoms with van der Waals surface area (Å²) in [7, 11) is 4.81. The van der Waals surface area contributed by atoms with Crippen molar-refractivity contribution < 1.29 is 28.5 Å². The van der Waals surface area contributed by atoms with E-state index in [1.165, 1.54) is 30.2 Å². The molecular weight excluding hydrogens is 443 g/mol. The van der Waals surface area contributed by atoms with Gasteiger partial charge in [-0.2, -0.15) is 5.26 Å². The molecule has 2 aliphatic heterocycles. The molecule has 0 amide bonds. The van der Waals surface area contributed by atoms with Gasteiger partial charge in [-0.1, -0.05) is 60.7 Å². The average Bonchev–Trinajstić information content (AvgIpc) is 2.85. The fourth-order valence-electron chi connectivity index (χ4n) is 5.62. The number of hydrogen-bond acceptors (Lipinski definition) is 1. The lowest BCUT2D eigenvalue weighted by Crippen LogP contribution is -3.00. The van der Waals surface area contributed by atoms with Crippen LogP contribution in [0.4, 0.5) is 0 Å². The third-order valence-corrected chi connectivity index (χ3v) is 7.25. The van der Waals surface area contributed by atoms with Crippen LogP contribution in [0, 0.1) is 17.2 Å². The van der Waals surface area contributed by atoms with E-state index in [1.54, 1.807) is 0 Å². The number of nitrogens with zero attached hydrogens (tertiary/aromatic N) is 2. The molecule has 142 valence electrons. The van der Waals surface area contributed by atoms with Crippen molar-refractivity contribution in [2.45, 2.75) is 49.6 Å². The predicted octanol–water partition coefficient (Wildman–Crippen LogP) is 1.91. The molecule has 0 N–H and O–H groups in total. The highest BCUT2D eigenvalue weighted by Crippen LogP contribution is 2.47. The third kappa shape index (κ3) is 3.54. The highest BCUT2D eigenvalue weighted by molar-refractivity contribution is 5.45. The molecule has 3 heteroatoms. The molecule has 0 unspecified atom stereocenters. The first-order chi connectivity index (χ1) is 12.6. The Balaban J connectivity index is 0.00000210. The maximum absolute atomic E-state index is 10.4. The molecule has 0 spiro atoms. The summed E-state index contributed by atoms with van der Waals surface area (Å²) in [5.41, 5.74) is 1.74.